The van der Waals surface area contributed by atoms with Crippen LogP contribution in [0.5, 0.6) is 0 Å². The van der Waals surface area contributed by atoms with Crippen molar-refractivity contribution in [2.45, 2.75) is 19.1 Å². The molecule has 1 atom stereocenters. The van der Waals surface area contributed by atoms with E-state index in [1.807, 2.05) is 73.7 Å². The van der Waals surface area contributed by atoms with Crippen molar-refractivity contribution in [1.82, 2.24) is 4.98 Å². The Kier molecular flexibility index (Phi) is 3.64. The van der Waals surface area contributed by atoms with E-state index in [1.54, 1.807) is 11.1 Å². The molecule has 1 aliphatic heterocycles. The maximum absolute atomic E-state index is 13.6. The molecule has 0 unspecified atom stereocenters. The van der Waals surface area contributed by atoms with Crippen LogP contribution in [0.1, 0.15) is 22.3 Å². The first-order chi connectivity index (χ1) is 13.6. The standard InChI is InChI=1S/C24H20N2O2/c1-16-7-6-8-17(13-16)15-26-22-12-5-3-10-19(22)24(28,23(26)27)20-14-25-21-11-4-2-9-18(20)21/h2-14,25,28H,15H2,1H3/t24-/m0/s1. The van der Waals surface area contributed by atoms with Gasteiger partial charge in [-0.15, -0.1) is 0 Å². The van der Waals surface area contributed by atoms with Crippen LogP contribution in [0.3, 0.4) is 0 Å². The molecule has 0 spiro atoms. The number of nitrogens with one attached hydrogen (secondary N) is 1. The minimum atomic E-state index is -1.71. The van der Waals surface area contributed by atoms with Crippen LogP contribution < -0.4 is 4.90 Å². The maximum Gasteiger partial charge on any atom is 0.268 e. The molecule has 0 bridgehead atoms. The Labute approximate surface area is 163 Å². The highest BCUT2D eigenvalue weighted by molar-refractivity contribution is 6.11. The average Bonchev–Trinajstić information content (AvgIpc) is 3.23. The number of hydrogen-bond acceptors (Lipinski definition) is 2. The Hall–Kier alpha value is -3.37. The number of amides is 1. The van der Waals surface area contributed by atoms with Crippen molar-refractivity contribution in [1.29, 1.82) is 0 Å². The molecule has 3 aromatic carbocycles. The number of fused-ring (bicyclic) bond motifs is 2. The molecular formula is C24H20N2O2. The predicted molar refractivity (Wildman–Crippen MR) is 110 cm³/mol. The number of aliphatic hydroxyl groups is 1. The SMILES string of the molecule is Cc1cccc(CN2C(=O)[C@@](O)(c3c[nH]c4ccccc34)c3ccccc32)c1. The molecule has 4 heteroatoms. The summed E-state index contributed by atoms with van der Waals surface area (Å²) in [6.07, 6.45) is 1.75. The average molecular weight is 368 g/mol. The second kappa shape index (κ2) is 6.08. The van der Waals surface area contributed by atoms with Crippen LogP contribution in [0.2, 0.25) is 0 Å². The quantitative estimate of drug-likeness (QED) is 0.568. The molecule has 0 fully saturated rings. The van der Waals surface area contributed by atoms with Gasteiger partial charge < -0.3 is 15.0 Å². The van der Waals surface area contributed by atoms with E-state index in [1.165, 1.54) is 0 Å². The van der Waals surface area contributed by atoms with Gasteiger partial charge in [-0.3, -0.25) is 4.79 Å². The molecule has 5 rings (SSSR count). The van der Waals surface area contributed by atoms with Gasteiger partial charge in [-0.25, -0.2) is 0 Å². The van der Waals surface area contributed by atoms with Crippen LogP contribution in [0.4, 0.5) is 5.69 Å². The fraction of sp³-hybridized carbons (Fsp3) is 0.125. The number of benzene rings is 3. The second-order valence-electron chi connectivity index (χ2n) is 7.36. The Morgan fingerprint density at radius 1 is 0.964 bits per heavy atom. The third-order valence-electron chi connectivity index (χ3n) is 5.54. The van der Waals surface area contributed by atoms with Gasteiger partial charge in [-0.05, 0) is 24.6 Å². The zero-order valence-corrected chi connectivity index (χ0v) is 15.5. The molecule has 1 aromatic heterocycles. The summed E-state index contributed by atoms with van der Waals surface area (Å²) in [4.78, 5) is 18.4. The summed E-state index contributed by atoms with van der Waals surface area (Å²) in [5, 5.41) is 12.6. The summed E-state index contributed by atoms with van der Waals surface area (Å²) in [5.74, 6) is -0.319. The first kappa shape index (κ1) is 16.8. The maximum atomic E-state index is 13.6. The highest BCUT2D eigenvalue weighted by Gasteiger charge is 2.51. The lowest BCUT2D eigenvalue weighted by molar-refractivity contribution is -0.132. The van der Waals surface area contributed by atoms with Crippen LogP contribution in [-0.2, 0) is 16.9 Å². The van der Waals surface area contributed by atoms with E-state index in [0.29, 0.717) is 17.7 Å². The van der Waals surface area contributed by atoms with Gasteiger partial charge in [0.15, 0.2) is 5.60 Å². The van der Waals surface area contributed by atoms with E-state index in [0.717, 1.165) is 27.7 Å². The van der Waals surface area contributed by atoms with Crippen LogP contribution in [0.15, 0.2) is 79.0 Å². The molecule has 0 aliphatic carbocycles. The van der Waals surface area contributed by atoms with E-state index in [4.69, 9.17) is 0 Å². The molecule has 4 aromatic rings. The molecule has 138 valence electrons. The number of aromatic nitrogens is 1. The van der Waals surface area contributed by atoms with Gasteiger partial charge in [0, 0.05) is 28.2 Å². The Morgan fingerprint density at radius 2 is 1.75 bits per heavy atom. The lowest BCUT2D eigenvalue weighted by atomic mass is 9.87. The Morgan fingerprint density at radius 3 is 2.61 bits per heavy atom. The molecule has 1 amide bonds. The number of nitrogens with zero attached hydrogens (tertiary/aromatic N) is 1. The van der Waals surface area contributed by atoms with Crippen LogP contribution in [0.25, 0.3) is 10.9 Å². The van der Waals surface area contributed by atoms with E-state index >= 15 is 0 Å². The number of H-pyrrole nitrogens is 1. The summed E-state index contributed by atoms with van der Waals surface area (Å²) in [6.45, 7) is 2.45. The largest absolute Gasteiger partial charge is 0.372 e. The number of rotatable bonds is 3. The summed E-state index contributed by atoms with van der Waals surface area (Å²) in [5.41, 5.74) is 3.33. The first-order valence-electron chi connectivity index (χ1n) is 9.35. The fourth-order valence-corrected chi connectivity index (χ4v) is 4.22. The number of aromatic amines is 1. The summed E-state index contributed by atoms with van der Waals surface area (Å²) in [7, 11) is 0. The molecule has 2 N–H and O–H groups in total. The summed E-state index contributed by atoms with van der Waals surface area (Å²) >= 11 is 0. The number of anilines is 1. The Balaban J connectivity index is 1.67. The highest BCUT2D eigenvalue weighted by atomic mass is 16.3. The fourth-order valence-electron chi connectivity index (χ4n) is 4.22. The molecule has 1 aliphatic rings. The molecule has 0 saturated heterocycles. The van der Waals surface area contributed by atoms with Crippen LogP contribution in [0, 0.1) is 6.92 Å². The number of aryl methyl sites for hydroxylation is 1. The normalized spacial score (nSPS) is 18.6. The van der Waals surface area contributed by atoms with E-state index in [-0.39, 0.29) is 5.91 Å². The van der Waals surface area contributed by atoms with Crippen molar-refractivity contribution < 1.29 is 9.90 Å². The smallest absolute Gasteiger partial charge is 0.268 e. The number of carbonyl (C=O) groups excluding carboxylic acids is 1. The second-order valence-corrected chi connectivity index (χ2v) is 7.36. The third-order valence-corrected chi connectivity index (χ3v) is 5.54. The van der Waals surface area contributed by atoms with Gasteiger partial charge in [0.1, 0.15) is 0 Å². The van der Waals surface area contributed by atoms with E-state index in [9.17, 15) is 9.90 Å². The predicted octanol–water partition coefficient (Wildman–Crippen LogP) is 4.26. The molecular weight excluding hydrogens is 348 g/mol. The van der Waals surface area contributed by atoms with Crippen LogP contribution >= 0.6 is 0 Å². The molecule has 2 heterocycles. The lowest BCUT2D eigenvalue weighted by Crippen LogP contribution is -2.40. The van der Waals surface area contributed by atoms with Gasteiger partial charge in [-0.1, -0.05) is 66.2 Å². The summed E-state index contributed by atoms with van der Waals surface area (Å²) < 4.78 is 0. The number of para-hydroxylation sites is 2. The van der Waals surface area contributed by atoms with Crippen molar-refractivity contribution in [2.24, 2.45) is 0 Å². The van der Waals surface area contributed by atoms with Crippen molar-refractivity contribution in [3.8, 4) is 0 Å². The zero-order valence-electron chi connectivity index (χ0n) is 15.5. The van der Waals surface area contributed by atoms with Gasteiger partial charge in [0.05, 0.1) is 12.2 Å². The van der Waals surface area contributed by atoms with Gasteiger partial charge in [-0.2, -0.15) is 0 Å². The Bertz CT molecular complexity index is 1210. The van der Waals surface area contributed by atoms with Gasteiger partial charge in [0.25, 0.3) is 5.91 Å². The number of carbonyl (C=O) groups is 1. The van der Waals surface area contributed by atoms with Crippen LogP contribution in [-0.4, -0.2) is 16.0 Å². The zero-order chi connectivity index (χ0) is 19.3. The van der Waals surface area contributed by atoms with Gasteiger partial charge >= 0.3 is 0 Å². The monoisotopic (exact) mass is 368 g/mol. The van der Waals surface area contributed by atoms with Crippen molar-refractivity contribution in [3.63, 3.8) is 0 Å². The summed E-state index contributed by atoms with van der Waals surface area (Å²) in [6, 6.07) is 23.3. The van der Waals surface area contributed by atoms with Crippen molar-refractivity contribution >= 4 is 22.5 Å². The molecule has 28 heavy (non-hydrogen) atoms. The van der Waals surface area contributed by atoms with E-state index in [2.05, 4.69) is 11.1 Å². The minimum absolute atomic E-state index is 0.319. The van der Waals surface area contributed by atoms with E-state index < -0.39 is 5.60 Å². The first-order valence-corrected chi connectivity index (χ1v) is 9.35. The third kappa shape index (κ3) is 2.31. The molecule has 4 nitrogen and oxygen atoms in total. The van der Waals surface area contributed by atoms with Gasteiger partial charge in [0.2, 0.25) is 0 Å². The minimum Gasteiger partial charge on any atom is -0.372 e. The number of hydrogen-bond donors (Lipinski definition) is 2. The molecule has 0 saturated carbocycles. The van der Waals surface area contributed by atoms with Crippen molar-refractivity contribution in [2.75, 3.05) is 4.90 Å². The lowest BCUT2D eigenvalue weighted by Gasteiger charge is -2.23. The topological polar surface area (TPSA) is 56.3 Å². The molecule has 0 radical (unpaired) electrons. The highest BCUT2D eigenvalue weighted by Crippen LogP contribution is 2.46. The van der Waals surface area contributed by atoms with Crippen molar-refractivity contribution in [3.05, 3.63) is 101 Å².